The third kappa shape index (κ3) is 2.64. The molecule has 0 saturated heterocycles. The highest BCUT2D eigenvalue weighted by molar-refractivity contribution is 6.42. The largest absolute Gasteiger partial charge is 0.489 e. The third-order valence-corrected chi connectivity index (χ3v) is 4.39. The first-order valence-electron chi connectivity index (χ1n) is 6.59. The van der Waals surface area contributed by atoms with Crippen LogP contribution in [0, 0.1) is 0 Å². The molecule has 0 radical (unpaired) electrons. The molecular weight excluding hydrogens is 293 g/mol. The van der Waals surface area contributed by atoms with E-state index in [9.17, 15) is 0 Å². The summed E-state index contributed by atoms with van der Waals surface area (Å²) < 4.78 is 5.92. The zero-order valence-electron chi connectivity index (χ0n) is 10.9. The summed E-state index contributed by atoms with van der Waals surface area (Å²) in [5.41, 5.74) is 9.51. The van der Waals surface area contributed by atoms with Crippen molar-refractivity contribution < 1.29 is 4.74 Å². The highest BCUT2D eigenvalue weighted by atomic mass is 35.5. The Kier molecular flexibility index (Phi) is 3.88. The van der Waals surface area contributed by atoms with Crippen LogP contribution in [0.15, 0.2) is 36.4 Å². The van der Waals surface area contributed by atoms with E-state index >= 15 is 0 Å². The number of benzene rings is 2. The fraction of sp³-hybridized carbons (Fsp3) is 0.250. The summed E-state index contributed by atoms with van der Waals surface area (Å²) in [6.45, 7) is 0.475. The van der Waals surface area contributed by atoms with E-state index in [1.54, 1.807) is 6.07 Å². The number of halogens is 2. The second-order valence-electron chi connectivity index (χ2n) is 5.01. The normalized spacial score (nSPS) is 17.1. The Labute approximate surface area is 128 Å². The number of ether oxygens (including phenoxy) is 1. The van der Waals surface area contributed by atoms with Gasteiger partial charge >= 0.3 is 0 Å². The van der Waals surface area contributed by atoms with Crippen molar-refractivity contribution in [3.63, 3.8) is 0 Å². The standard InChI is InChI=1S/C16H15Cl2NO/c17-13-6-4-10(8-14(13)18)9-20-16-3-1-2-11-12(16)5-7-15(11)19/h1-4,6,8,15H,5,7,9,19H2. The molecule has 20 heavy (non-hydrogen) atoms. The molecule has 1 aliphatic rings. The lowest BCUT2D eigenvalue weighted by atomic mass is 10.1. The predicted molar refractivity (Wildman–Crippen MR) is 82.5 cm³/mol. The predicted octanol–water partition coefficient (Wildman–Crippen LogP) is 4.52. The zero-order valence-corrected chi connectivity index (χ0v) is 12.4. The molecule has 2 aromatic carbocycles. The molecule has 4 heteroatoms. The highest BCUT2D eigenvalue weighted by Gasteiger charge is 2.22. The van der Waals surface area contributed by atoms with E-state index in [0.29, 0.717) is 16.7 Å². The van der Waals surface area contributed by atoms with Gasteiger partial charge < -0.3 is 10.5 Å². The fourth-order valence-electron chi connectivity index (χ4n) is 2.58. The van der Waals surface area contributed by atoms with Gasteiger partial charge in [0.1, 0.15) is 12.4 Å². The van der Waals surface area contributed by atoms with E-state index < -0.39 is 0 Å². The van der Waals surface area contributed by atoms with Crippen LogP contribution in [0.1, 0.15) is 29.2 Å². The minimum Gasteiger partial charge on any atom is -0.489 e. The lowest BCUT2D eigenvalue weighted by molar-refractivity contribution is 0.303. The quantitative estimate of drug-likeness (QED) is 0.905. The zero-order chi connectivity index (χ0) is 14.1. The van der Waals surface area contributed by atoms with E-state index in [2.05, 4.69) is 6.07 Å². The smallest absolute Gasteiger partial charge is 0.123 e. The van der Waals surface area contributed by atoms with Crippen molar-refractivity contribution >= 4 is 23.2 Å². The summed E-state index contributed by atoms with van der Waals surface area (Å²) in [5, 5.41) is 1.11. The summed E-state index contributed by atoms with van der Waals surface area (Å²) in [4.78, 5) is 0. The summed E-state index contributed by atoms with van der Waals surface area (Å²) in [7, 11) is 0. The van der Waals surface area contributed by atoms with Gasteiger partial charge in [-0.3, -0.25) is 0 Å². The van der Waals surface area contributed by atoms with Gasteiger partial charge in [0.15, 0.2) is 0 Å². The van der Waals surface area contributed by atoms with Crippen molar-refractivity contribution in [3.8, 4) is 5.75 Å². The van der Waals surface area contributed by atoms with E-state index in [-0.39, 0.29) is 6.04 Å². The molecule has 0 fully saturated rings. The molecule has 2 aromatic rings. The topological polar surface area (TPSA) is 35.2 Å². The molecule has 0 aliphatic heterocycles. The van der Waals surface area contributed by atoms with E-state index in [0.717, 1.165) is 24.2 Å². The van der Waals surface area contributed by atoms with Crippen LogP contribution >= 0.6 is 23.2 Å². The van der Waals surface area contributed by atoms with Gasteiger partial charge in [0.25, 0.3) is 0 Å². The Bertz CT molecular complexity index is 642. The van der Waals surface area contributed by atoms with Crippen molar-refractivity contribution in [1.82, 2.24) is 0 Å². The van der Waals surface area contributed by atoms with Crippen LogP contribution < -0.4 is 10.5 Å². The molecule has 0 spiro atoms. The van der Waals surface area contributed by atoms with Crippen LogP contribution in [-0.2, 0) is 13.0 Å². The maximum atomic E-state index is 6.07. The molecular formula is C16H15Cl2NO. The molecule has 1 aliphatic carbocycles. The second kappa shape index (κ2) is 5.65. The number of hydrogen-bond donors (Lipinski definition) is 1. The van der Waals surface area contributed by atoms with E-state index in [4.69, 9.17) is 33.7 Å². The Hall–Kier alpha value is -1.22. The van der Waals surface area contributed by atoms with Crippen LogP contribution in [-0.4, -0.2) is 0 Å². The van der Waals surface area contributed by atoms with E-state index in [1.807, 2.05) is 24.3 Å². The van der Waals surface area contributed by atoms with Crippen molar-refractivity contribution in [1.29, 1.82) is 0 Å². The number of hydrogen-bond acceptors (Lipinski definition) is 2. The third-order valence-electron chi connectivity index (χ3n) is 3.65. The molecule has 0 amide bonds. The van der Waals surface area contributed by atoms with Crippen LogP contribution in [0.5, 0.6) is 5.75 Å². The number of rotatable bonds is 3. The molecule has 0 bridgehead atoms. The SMILES string of the molecule is NC1CCc2c(OCc3ccc(Cl)c(Cl)c3)cccc21. The number of nitrogens with two attached hydrogens (primary N) is 1. The molecule has 3 rings (SSSR count). The van der Waals surface area contributed by atoms with Gasteiger partial charge in [-0.1, -0.05) is 41.4 Å². The van der Waals surface area contributed by atoms with Gasteiger partial charge in [-0.15, -0.1) is 0 Å². The van der Waals surface area contributed by atoms with Gasteiger partial charge in [-0.25, -0.2) is 0 Å². The van der Waals surface area contributed by atoms with Gasteiger partial charge in [0, 0.05) is 6.04 Å². The van der Waals surface area contributed by atoms with Crippen LogP contribution in [0.3, 0.4) is 0 Å². The maximum absolute atomic E-state index is 6.07. The van der Waals surface area contributed by atoms with Crippen molar-refractivity contribution in [3.05, 3.63) is 63.1 Å². The first-order valence-corrected chi connectivity index (χ1v) is 7.35. The van der Waals surface area contributed by atoms with Gasteiger partial charge in [-0.05, 0) is 47.7 Å². The summed E-state index contributed by atoms with van der Waals surface area (Å²) >= 11 is 11.9. The fourth-order valence-corrected chi connectivity index (χ4v) is 2.90. The molecule has 0 saturated carbocycles. The lowest BCUT2D eigenvalue weighted by Crippen LogP contribution is -2.05. The van der Waals surface area contributed by atoms with Crippen molar-refractivity contribution in [2.24, 2.45) is 5.73 Å². The molecule has 104 valence electrons. The maximum Gasteiger partial charge on any atom is 0.123 e. The highest BCUT2D eigenvalue weighted by Crippen LogP contribution is 2.35. The molecule has 0 heterocycles. The summed E-state index contributed by atoms with van der Waals surface area (Å²) in [6.07, 6.45) is 1.97. The molecule has 0 aromatic heterocycles. The monoisotopic (exact) mass is 307 g/mol. The van der Waals surface area contributed by atoms with Crippen LogP contribution in [0.25, 0.3) is 0 Å². The van der Waals surface area contributed by atoms with Crippen molar-refractivity contribution in [2.45, 2.75) is 25.5 Å². The molecule has 1 atom stereocenters. The molecule has 2 N–H and O–H groups in total. The Morgan fingerprint density at radius 3 is 2.80 bits per heavy atom. The Morgan fingerprint density at radius 1 is 1.15 bits per heavy atom. The van der Waals surface area contributed by atoms with Crippen LogP contribution in [0.4, 0.5) is 0 Å². The number of fused-ring (bicyclic) bond motifs is 1. The minimum absolute atomic E-state index is 0.138. The summed E-state index contributed by atoms with van der Waals surface area (Å²) in [6, 6.07) is 11.7. The van der Waals surface area contributed by atoms with Gasteiger partial charge in [0.05, 0.1) is 10.0 Å². The minimum atomic E-state index is 0.138. The van der Waals surface area contributed by atoms with E-state index in [1.165, 1.54) is 11.1 Å². The van der Waals surface area contributed by atoms with Gasteiger partial charge in [0.2, 0.25) is 0 Å². The first-order chi connectivity index (χ1) is 9.65. The first kappa shape index (κ1) is 13.7. The second-order valence-corrected chi connectivity index (χ2v) is 5.82. The van der Waals surface area contributed by atoms with Gasteiger partial charge in [-0.2, -0.15) is 0 Å². The average molecular weight is 308 g/mol. The van der Waals surface area contributed by atoms with Crippen LogP contribution in [0.2, 0.25) is 10.0 Å². The lowest BCUT2D eigenvalue weighted by Gasteiger charge is -2.12. The molecule has 2 nitrogen and oxygen atoms in total. The van der Waals surface area contributed by atoms with Crippen molar-refractivity contribution in [2.75, 3.05) is 0 Å². The average Bonchev–Trinajstić information content (AvgIpc) is 2.83. The Balaban J connectivity index is 1.77. The summed E-state index contributed by atoms with van der Waals surface area (Å²) in [5.74, 6) is 0.918. The Morgan fingerprint density at radius 2 is 2.00 bits per heavy atom. The molecule has 1 unspecified atom stereocenters.